The Morgan fingerprint density at radius 3 is 1.44 bits per heavy atom. The van der Waals surface area contributed by atoms with Gasteiger partial charge in [0.05, 0.1) is 6.04 Å². The number of ether oxygens (including phenoxy) is 5. The van der Waals surface area contributed by atoms with Crippen LogP contribution in [0.25, 0.3) is 0 Å². The number of carbonyl (C=O) groups excluding carboxylic acids is 9. The summed E-state index contributed by atoms with van der Waals surface area (Å²) in [6, 6.07) is 21.2. The lowest BCUT2D eigenvalue weighted by Crippen LogP contribution is -2.53. The fourth-order valence-corrected chi connectivity index (χ4v) is 6.64. The van der Waals surface area contributed by atoms with Gasteiger partial charge in [0.2, 0.25) is 23.6 Å². The predicted octanol–water partition coefficient (Wildman–Crippen LogP) is 4.49. The summed E-state index contributed by atoms with van der Waals surface area (Å²) in [5.41, 5.74) is 6.75. The number of hydrogen-bond donors (Lipinski definition) is 6. The minimum absolute atomic E-state index is 0.0248. The highest BCUT2D eigenvalue weighted by atomic mass is 16.6. The molecule has 7 N–H and O–H groups in total. The van der Waals surface area contributed by atoms with Crippen LogP contribution in [0.15, 0.2) is 91.0 Å². The maximum Gasteiger partial charge on any atom is 0.407 e. The van der Waals surface area contributed by atoms with Crippen molar-refractivity contribution in [2.75, 3.05) is 13.1 Å². The molecule has 4 atom stereocenters. The van der Waals surface area contributed by atoms with Gasteiger partial charge in [0, 0.05) is 25.8 Å². The van der Waals surface area contributed by atoms with Crippen LogP contribution >= 0.6 is 0 Å². The second kappa shape index (κ2) is 31.2. The molecular weight excluding hydrogens is 945 g/mol. The van der Waals surface area contributed by atoms with E-state index in [4.69, 9.17) is 29.4 Å². The van der Waals surface area contributed by atoms with E-state index in [1.165, 1.54) is 0 Å². The molecular formula is C53H72N6O14. The Kier molecular flexibility index (Phi) is 25.6. The highest BCUT2D eigenvalue weighted by Crippen LogP contribution is 2.13. The van der Waals surface area contributed by atoms with Crippen LogP contribution in [0.5, 0.6) is 0 Å². The monoisotopic (exact) mass is 1020 g/mol. The van der Waals surface area contributed by atoms with Crippen molar-refractivity contribution in [2.45, 2.75) is 155 Å². The summed E-state index contributed by atoms with van der Waals surface area (Å²) in [4.78, 5) is 119. The Hall–Kier alpha value is -7.35. The van der Waals surface area contributed by atoms with Gasteiger partial charge < -0.3 is 56.0 Å². The zero-order valence-electron chi connectivity index (χ0n) is 42.7. The molecule has 0 bridgehead atoms. The SMILES string of the molecule is CC(C)(C)OC(=O)CNC(=O)C(CCC(=O)NC(CCC(=O)OCc1ccccc1)C(=O)NC(CCC(=O)OCc1ccccc1)C(=O)OCc1ccccc1)NC(=O)C(N)CCCCNC(=O)OC(C)(C)C. The van der Waals surface area contributed by atoms with Crippen molar-refractivity contribution < 1.29 is 66.8 Å². The molecule has 0 fully saturated rings. The summed E-state index contributed by atoms with van der Waals surface area (Å²) < 4.78 is 26.8. The topological polar surface area (TPSA) is 286 Å². The van der Waals surface area contributed by atoms with Crippen molar-refractivity contribution in [3.05, 3.63) is 108 Å². The van der Waals surface area contributed by atoms with Crippen molar-refractivity contribution in [3.63, 3.8) is 0 Å². The van der Waals surface area contributed by atoms with Crippen LogP contribution in [-0.2, 0) is 81.9 Å². The maximum absolute atomic E-state index is 14.1. The Morgan fingerprint density at radius 1 is 0.479 bits per heavy atom. The first-order chi connectivity index (χ1) is 34.6. The van der Waals surface area contributed by atoms with Crippen molar-refractivity contribution in [3.8, 4) is 0 Å². The van der Waals surface area contributed by atoms with E-state index in [-0.39, 0.29) is 64.9 Å². The quantitative estimate of drug-likeness (QED) is 0.0317. The van der Waals surface area contributed by atoms with Gasteiger partial charge in [-0.05, 0) is 96.8 Å². The van der Waals surface area contributed by atoms with E-state index in [2.05, 4.69) is 26.6 Å². The van der Waals surface area contributed by atoms with Crippen LogP contribution in [-0.4, -0.2) is 102 Å². The minimum atomic E-state index is -1.47. The van der Waals surface area contributed by atoms with Crippen molar-refractivity contribution in [1.29, 1.82) is 0 Å². The molecule has 0 radical (unpaired) electrons. The van der Waals surface area contributed by atoms with Crippen LogP contribution < -0.4 is 32.3 Å². The molecule has 0 aliphatic carbocycles. The lowest BCUT2D eigenvalue weighted by Gasteiger charge is -2.24. The largest absolute Gasteiger partial charge is 0.461 e. The second-order valence-electron chi connectivity index (χ2n) is 19.1. The van der Waals surface area contributed by atoms with Gasteiger partial charge in [0.1, 0.15) is 55.7 Å². The zero-order valence-corrected chi connectivity index (χ0v) is 42.7. The first-order valence-electron chi connectivity index (χ1n) is 24.3. The highest BCUT2D eigenvalue weighted by molar-refractivity contribution is 5.93. The predicted molar refractivity (Wildman–Crippen MR) is 267 cm³/mol. The van der Waals surface area contributed by atoms with Crippen LogP contribution in [0.2, 0.25) is 0 Å². The molecule has 73 heavy (non-hydrogen) atoms. The third-order valence-electron chi connectivity index (χ3n) is 10.3. The smallest absolute Gasteiger partial charge is 0.407 e. The molecule has 3 rings (SSSR count). The number of amides is 5. The van der Waals surface area contributed by atoms with Crippen molar-refractivity contribution in [1.82, 2.24) is 26.6 Å². The lowest BCUT2D eigenvalue weighted by atomic mass is 10.1. The average molecular weight is 1020 g/mol. The number of benzene rings is 3. The van der Waals surface area contributed by atoms with Crippen LogP contribution in [0.4, 0.5) is 4.79 Å². The van der Waals surface area contributed by atoms with E-state index in [0.717, 1.165) is 5.56 Å². The van der Waals surface area contributed by atoms with Gasteiger partial charge in [0.15, 0.2) is 0 Å². The number of carbonyl (C=O) groups is 9. The molecule has 398 valence electrons. The Labute approximate surface area is 426 Å². The van der Waals surface area contributed by atoms with Crippen LogP contribution in [0.1, 0.15) is 116 Å². The molecule has 20 nitrogen and oxygen atoms in total. The minimum Gasteiger partial charge on any atom is -0.461 e. The van der Waals surface area contributed by atoms with Gasteiger partial charge in [-0.3, -0.25) is 33.6 Å². The number of nitrogens with two attached hydrogens (primary N) is 1. The normalized spacial score (nSPS) is 12.8. The molecule has 0 heterocycles. The van der Waals surface area contributed by atoms with E-state index in [1.54, 1.807) is 126 Å². The van der Waals surface area contributed by atoms with Gasteiger partial charge in [-0.2, -0.15) is 0 Å². The fraction of sp³-hybridized carbons (Fsp3) is 0.491. The summed E-state index contributed by atoms with van der Waals surface area (Å²) in [6.45, 7) is 9.59. The zero-order chi connectivity index (χ0) is 53.8. The average Bonchev–Trinajstić information content (AvgIpc) is 3.34. The van der Waals surface area contributed by atoms with Crippen molar-refractivity contribution >= 4 is 53.6 Å². The van der Waals surface area contributed by atoms with E-state index < -0.39 is 102 Å². The Morgan fingerprint density at radius 2 is 0.932 bits per heavy atom. The molecule has 0 saturated carbocycles. The molecule has 0 aliphatic rings. The number of nitrogens with one attached hydrogen (secondary N) is 5. The summed E-state index contributed by atoms with van der Waals surface area (Å²) in [7, 11) is 0. The van der Waals surface area contributed by atoms with E-state index in [1.807, 2.05) is 6.07 Å². The number of hydrogen-bond acceptors (Lipinski definition) is 15. The van der Waals surface area contributed by atoms with Crippen LogP contribution in [0, 0.1) is 0 Å². The van der Waals surface area contributed by atoms with Gasteiger partial charge in [-0.15, -0.1) is 0 Å². The second-order valence-corrected chi connectivity index (χ2v) is 19.1. The van der Waals surface area contributed by atoms with Crippen molar-refractivity contribution in [2.24, 2.45) is 5.73 Å². The summed E-state index contributed by atoms with van der Waals surface area (Å²) in [5, 5.41) is 12.7. The number of unbranched alkanes of at least 4 members (excludes halogenated alkanes) is 1. The molecule has 0 spiro atoms. The molecule has 0 aliphatic heterocycles. The van der Waals surface area contributed by atoms with Gasteiger partial charge in [0.25, 0.3) is 0 Å². The van der Waals surface area contributed by atoms with Crippen LogP contribution in [0.3, 0.4) is 0 Å². The molecule has 0 saturated heterocycles. The van der Waals surface area contributed by atoms with Gasteiger partial charge >= 0.3 is 30.0 Å². The molecule has 20 heteroatoms. The van der Waals surface area contributed by atoms with E-state index in [9.17, 15) is 43.2 Å². The fourth-order valence-electron chi connectivity index (χ4n) is 6.64. The highest BCUT2D eigenvalue weighted by Gasteiger charge is 2.31. The van der Waals surface area contributed by atoms with Gasteiger partial charge in [-0.1, -0.05) is 91.0 Å². The lowest BCUT2D eigenvalue weighted by molar-refractivity contribution is -0.154. The first kappa shape index (κ1) is 60.0. The Balaban J connectivity index is 1.77. The first-order valence-corrected chi connectivity index (χ1v) is 24.3. The third-order valence-corrected chi connectivity index (χ3v) is 10.3. The summed E-state index contributed by atoms with van der Waals surface area (Å²) >= 11 is 0. The number of esters is 4. The van der Waals surface area contributed by atoms with E-state index in [0.29, 0.717) is 24.0 Å². The molecule has 5 amide bonds. The standard InChI is InChI=1S/C53H72N6O14/c1-52(2,3)72-46(63)32-56-48(65)40(58-47(64)39(54)24-16-17-31-55-51(68)73-53(4,5)6)25-28-43(60)57-41(26-29-44(61)69-33-36-18-10-7-11-19-36)49(66)59-42(50(67)71-35-38-22-14-9-15-23-38)27-30-45(62)70-34-37-20-12-8-13-21-37/h7-15,18-23,39-42H,16-17,24-35,54H2,1-6H3,(H,55,68)(H,56,65)(H,57,60)(H,58,64)(H,59,66). The number of alkyl carbamates (subject to hydrolysis) is 1. The summed E-state index contributed by atoms with van der Waals surface area (Å²) in [5.74, 6) is -6.28. The van der Waals surface area contributed by atoms with Gasteiger partial charge in [-0.25, -0.2) is 9.59 Å². The van der Waals surface area contributed by atoms with E-state index >= 15 is 0 Å². The third kappa shape index (κ3) is 26.6. The molecule has 3 aromatic rings. The maximum atomic E-state index is 14.1. The number of rotatable bonds is 29. The molecule has 4 unspecified atom stereocenters. The molecule has 3 aromatic carbocycles. The summed E-state index contributed by atoms with van der Waals surface area (Å²) in [6.07, 6.45) is -1.62. The molecule has 0 aromatic heterocycles. The Bertz CT molecular complexity index is 2250.